The van der Waals surface area contributed by atoms with Gasteiger partial charge in [0.25, 0.3) is 5.91 Å². The fourth-order valence-corrected chi connectivity index (χ4v) is 4.16. The van der Waals surface area contributed by atoms with E-state index in [0.717, 1.165) is 5.56 Å². The molecule has 3 aliphatic rings. The third-order valence-corrected chi connectivity index (χ3v) is 5.25. The number of amidine groups is 1. The molecule has 5 atom stereocenters. The van der Waals surface area contributed by atoms with Gasteiger partial charge < -0.3 is 19.9 Å². The number of hydrogen-bond acceptors (Lipinski definition) is 7. The van der Waals surface area contributed by atoms with Gasteiger partial charge in [0.15, 0.2) is 5.41 Å². The lowest BCUT2D eigenvalue weighted by Crippen LogP contribution is -2.39. The Morgan fingerprint density at radius 2 is 2.00 bits per heavy atom. The Kier molecular flexibility index (Phi) is 2.79. The van der Waals surface area contributed by atoms with Crippen molar-refractivity contribution < 1.29 is 14.2 Å². The van der Waals surface area contributed by atoms with Gasteiger partial charge in [-0.25, -0.2) is 4.99 Å². The smallest absolute Gasteiger partial charge is 0.293 e. The third-order valence-electron chi connectivity index (χ3n) is 5.25. The number of rotatable bonds is 2. The van der Waals surface area contributed by atoms with Gasteiger partial charge in [-0.05, 0) is 24.6 Å². The van der Waals surface area contributed by atoms with Gasteiger partial charge in [-0.1, -0.05) is 12.1 Å². The molecule has 1 saturated carbocycles. The number of nitriles is 2. The van der Waals surface area contributed by atoms with Crippen molar-refractivity contribution in [1.29, 1.82) is 10.5 Å². The van der Waals surface area contributed by atoms with Crippen LogP contribution in [0.25, 0.3) is 0 Å². The van der Waals surface area contributed by atoms with E-state index in [9.17, 15) is 10.5 Å². The highest BCUT2D eigenvalue weighted by Gasteiger charge is 2.94. The van der Waals surface area contributed by atoms with Gasteiger partial charge in [0.05, 0.1) is 32.0 Å². The van der Waals surface area contributed by atoms with Crippen LogP contribution in [0.5, 0.6) is 5.75 Å². The zero-order chi connectivity index (χ0) is 17.2. The Hall–Kier alpha value is -2.61. The van der Waals surface area contributed by atoms with Crippen molar-refractivity contribution in [1.82, 2.24) is 0 Å². The Labute approximate surface area is 139 Å². The van der Waals surface area contributed by atoms with E-state index in [0.29, 0.717) is 12.4 Å². The Bertz CT molecular complexity index is 824. The van der Waals surface area contributed by atoms with E-state index in [1.165, 1.54) is 0 Å². The van der Waals surface area contributed by atoms with Gasteiger partial charge in [-0.3, -0.25) is 0 Å². The summed E-state index contributed by atoms with van der Waals surface area (Å²) in [5, 5.41) is 19.9. The van der Waals surface area contributed by atoms with E-state index in [-0.39, 0.29) is 11.9 Å². The van der Waals surface area contributed by atoms with E-state index in [2.05, 4.69) is 17.1 Å². The van der Waals surface area contributed by atoms with Crippen molar-refractivity contribution in [2.75, 3.05) is 13.7 Å². The third kappa shape index (κ3) is 1.36. The molecular weight excluding hydrogens is 308 g/mol. The number of nitrogens with two attached hydrogens (primary N) is 1. The lowest BCUT2D eigenvalue weighted by Gasteiger charge is -2.26. The monoisotopic (exact) mass is 324 g/mol. The quantitative estimate of drug-likeness (QED) is 0.876. The molecule has 2 aliphatic heterocycles. The number of hydrogen-bond donors (Lipinski definition) is 1. The highest BCUT2D eigenvalue weighted by Crippen LogP contribution is 2.82. The summed E-state index contributed by atoms with van der Waals surface area (Å²) in [5.74, 6) is -1.18. The molecule has 2 N–H and O–H groups in total. The first-order valence-electron chi connectivity index (χ1n) is 7.65. The molecule has 1 aromatic carbocycles. The van der Waals surface area contributed by atoms with Crippen LogP contribution in [0.3, 0.4) is 0 Å². The van der Waals surface area contributed by atoms with Gasteiger partial charge in [0.1, 0.15) is 17.0 Å². The van der Waals surface area contributed by atoms with Crippen molar-refractivity contribution >= 4 is 5.84 Å². The minimum absolute atomic E-state index is 0.0986. The van der Waals surface area contributed by atoms with Crippen LogP contribution in [-0.2, 0) is 9.47 Å². The van der Waals surface area contributed by atoms with Crippen LogP contribution in [0.4, 0.5) is 0 Å². The fourth-order valence-electron chi connectivity index (χ4n) is 4.16. The molecule has 122 valence electrons. The molecule has 1 aromatic rings. The minimum atomic E-state index is -1.51. The first-order chi connectivity index (χ1) is 11.5. The summed E-state index contributed by atoms with van der Waals surface area (Å²) in [5.41, 5.74) is 4.39. The molecule has 1 saturated heterocycles. The molecule has 0 aromatic heterocycles. The lowest BCUT2D eigenvalue weighted by molar-refractivity contribution is -0.193. The number of ether oxygens (including phenoxy) is 3. The van der Waals surface area contributed by atoms with Crippen LogP contribution < -0.4 is 10.5 Å². The number of benzene rings is 1. The standard InChI is InChI=1S/C17H16N4O3/c1-10-7-23-17(24-10)16(9-19)13(15(16,8-18)14(20)21-17)11-3-5-12(22-2)6-4-11/h3-6,10,13H,7H2,1-2H3,(H2,20,21)/t10-,13+,15+,16+,17-/m0/s1. The second-order valence-corrected chi connectivity index (χ2v) is 6.36. The molecule has 0 bridgehead atoms. The van der Waals surface area contributed by atoms with Gasteiger partial charge >= 0.3 is 0 Å². The first-order valence-corrected chi connectivity index (χ1v) is 7.65. The van der Waals surface area contributed by atoms with Crippen molar-refractivity contribution in [3.8, 4) is 17.9 Å². The average molecular weight is 324 g/mol. The van der Waals surface area contributed by atoms with E-state index < -0.39 is 22.7 Å². The molecule has 0 unspecified atom stereocenters. The van der Waals surface area contributed by atoms with Crippen LogP contribution in [0.15, 0.2) is 29.3 Å². The van der Waals surface area contributed by atoms with Crippen molar-refractivity contribution in [2.45, 2.75) is 24.9 Å². The maximum atomic E-state index is 10.0. The van der Waals surface area contributed by atoms with Crippen LogP contribution in [0, 0.1) is 33.5 Å². The molecule has 7 nitrogen and oxygen atoms in total. The summed E-state index contributed by atoms with van der Waals surface area (Å²) in [6, 6.07) is 11.7. The lowest BCUT2D eigenvalue weighted by atomic mass is 9.94. The molecule has 24 heavy (non-hydrogen) atoms. The Morgan fingerprint density at radius 3 is 2.50 bits per heavy atom. The fraction of sp³-hybridized carbons (Fsp3) is 0.471. The van der Waals surface area contributed by atoms with Crippen molar-refractivity contribution in [2.24, 2.45) is 21.6 Å². The normalized spacial score (nSPS) is 42.1. The highest BCUT2D eigenvalue weighted by molar-refractivity contribution is 6.00. The van der Waals surface area contributed by atoms with Gasteiger partial charge in [-0.15, -0.1) is 0 Å². The van der Waals surface area contributed by atoms with Gasteiger partial charge in [0.2, 0.25) is 0 Å². The molecule has 7 heteroatoms. The van der Waals surface area contributed by atoms with Crippen LogP contribution in [0.2, 0.25) is 0 Å². The summed E-state index contributed by atoms with van der Waals surface area (Å²) in [6.45, 7) is 2.14. The van der Waals surface area contributed by atoms with Gasteiger partial charge in [0, 0.05) is 5.92 Å². The van der Waals surface area contributed by atoms with E-state index in [1.807, 2.05) is 19.1 Å². The van der Waals surface area contributed by atoms with Crippen LogP contribution in [0.1, 0.15) is 18.4 Å². The number of methoxy groups -OCH3 is 1. The van der Waals surface area contributed by atoms with E-state index in [4.69, 9.17) is 19.9 Å². The molecule has 0 amide bonds. The van der Waals surface area contributed by atoms with Crippen LogP contribution >= 0.6 is 0 Å². The van der Waals surface area contributed by atoms with Crippen molar-refractivity contribution in [3.63, 3.8) is 0 Å². The Morgan fingerprint density at radius 1 is 1.29 bits per heavy atom. The first kappa shape index (κ1) is 14.9. The molecule has 4 rings (SSSR count). The number of nitrogens with zero attached hydrogens (tertiary/aromatic N) is 3. The zero-order valence-corrected chi connectivity index (χ0v) is 13.3. The topological polar surface area (TPSA) is 114 Å². The molecule has 2 heterocycles. The largest absolute Gasteiger partial charge is 0.497 e. The maximum absolute atomic E-state index is 10.0. The SMILES string of the molecule is COc1ccc([C@H]2[C@@]3(C#N)[C@]4(N=C(N)[C@@]23C#N)OC[C@H](C)O4)cc1. The zero-order valence-electron chi connectivity index (χ0n) is 13.3. The number of aliphatic imine (C=N–C) groups is 1. The predicted molar refractivity (Wildman–Crippen MR) is 82.7 cm³/mol. The highest BCUT2D eigenvalue weighted by atomic mass is 16.8. The predicted octanol–water partition coefficient (Wildman–Crippen LogP) is 1.27. The summed E-state index contributed by atoms with van der Waals surface area (Å²) in [4.78, 5) is 4.28. The molecule has 1 aliphatic carbocycles. The maximum Gasteiger partial charge on any atom is 0.293 e. The average Bonchev–Trinajstić information content (AvgIpc) is 2.99. The molecule has 1 spiro atoms. The van der Waals surface area contributed by atoms with Crippen molar-refractivity contribution in [3.05, 3.63) is 29.8 Å². The summed E-state index contributed by atoms with van der Waals surface area (Å²) in [7, 11) is 1.58. The van der Waals surface area contributed by atoms with Crippen LogP contribution in [-0.4, -0.2) is 31.6 Å². The second kappa shape index (κ2) is 4.47. The van der Waals surface area contributed by atoms with Gasteiger partial charge in [-0.2, -0.15) is 10.5 Å². The molecular formula is C17H16N4O3. The summed E-state index contributed by atoms with van der Waals surface area (Å²) in [6.07, 6.45) is -0.224. The minimum Gasteiger partial charge on any atom is -0.497 e. The summed E-state index contributed by atoms with van der Waals surface area (Å²) >= 11 is 0. The molecule has 2 fully saturated rings. The summed E-state index contributed by atoms with van der Waals surface area (Å²) < 4.78 is 16.8. The Balaban J connectivity index is 1.87. The van der Waals surface area contributed by atoms with E-state index >= 15 is 0 Å². The second-order valence-electron chi connectivity index (χ2n) is 6.36. The molecule has 0 radical (unpaired) electrons. The number of fused-ring (bicyclic) bond motifs is 2. The van der Waals surface area contributed by atoms with E-state index in [1.54, 1.807) is 19.2 Å².